The molecule has 0 aromatic heterocycles. The number of carbonyl (C=O) groups is 1. The number of amides is 1. The molecule has 2 aromatic rings. The van der Waals surface area contributed by atoms with Gasteiger partial charge in [-0.1, -0.05) is 33.6 Å². The Morgan fingerprint density at radius 3 is 2.42 bits per heavy atom. The lowest BCUT2D eigenvalue weighted by Gasteiger charge is -2.18. The van der Waals surface area contributed by atoms with E-state index in [-0.39, 0.29) is 11.5 Å². The lowest BCUT2D eigenvalue weighted by atomic mass is 10.1. The van der Waals surface area contributed by atoms with Crippen molar-refractivity contribution in [3.05, 3.63) is 63.9 Å². The summed E-state index contributed by atoms with van der Waals surface area (Å²) in [6.45, 7) is 1.97. The summed E-state index contributed by atoms with van der Waals surface area (Å²) in [6, 6.07) is 11.8. The van der Waals surface area contributed by atoms with E-state index in [2.05, 4.69) is 15.9 Å². The van der Waals surface area contributed by atoms with Crippen molar-refractivity contribution < 1.29 is 9.18 Å². The number of hydrogen-bond donors (Lipinski definition) is 0. The molecule has 2 rings (SSSR count). The van der Waals surface area contributed by atoms with Crippen molar-refractivity contribution in [2.75, 3.05) is 11.9 Å². The van der Waals surface area contributed by atoms with E-state index >= 15 is 0 Å². The smallest absolute Gasteiger partial charge is 0.261 e. The summed E-state index contributed by atoms with van der Waals surface area (Å²) in [4.78, 5) is 13.7. The number of rotatable bonds is 2. The average molecular weight is 322 g/mol. The first kappa shape index (κ1) is 13.7. The molecule has 0 aliphatic carbocycles. The molecule has 4 heteroatoms. The van der Waals surface area contributed by atoms with Crippen LogP contribution < -0.4 is 4.90 Å². The van der Waals surface area contributed by atoms with Crippen LogP contribution in [0.4, 0.5) is 10.1 Å². The fourth-order valence-electron chi connectivity index (χ4n) is 1.73. The zero-order valence-corrected chi connectivity index (χ0v) is 12.2. The second-order valence-corrected chi connectivity index (χ2v) is 5.24. The molecule has 0 heterocycles. The van der Waals surface area contributed by atoms with Gasteiger partial charge in [0, 0.05) is 17.2 Å². The highest BCUT2D eigenvalue weighted by molar-refractivity contribution is 9.10. The predicted molar refractivity (Wildman–Crippen MR) is 78.0 cm³/mol. The van der Waals surface area contributed by atoms with Crippen LogP contribution >= 0.6 is 15.9 Å². The minimum atomic E-state index is -0.521. The monoisotopic (exact) mass is 321 g/mol. The maximum atomic E-state index is 13.7. The molecule has 0 spiro atoms. The standard InChI is InChI=1S/C15H13BrFNO/c1-10-3-6-12(7-4-10)18(2)15(19)13-9-11(16)5-8-14(13)17/h3-9H,1-2H3. The lowest BCUT2D eigenvalue weighted by Crippen LogP contribution is -2.27. The van der Waals surface area contributed by atoms with E-state index in [4.69, 9.17) is 0 Å². The molecule has 2 nitrogen and oxygen atoms in total. The first-order valence-electron chi connectivity index (χ1n) is 5.79. The minimum absolute atomic E-state index is 0.0532. The van der Waals surface area contributed by atoms with Crippen LogP contribution in [0.5, 0.6) is 0 Å². The van der Waals surface area contributed by atoms with Gasteiger partial charge in [-0.2, -0.15) is 0 Å². The molecular formula is C15H13BrFNO. The molecule has 98 valence electrons. The van der Waals surface area contributed by atoms with E-state index in [9.17, 15) is 9.18 Å². The fourth-order valence-corrected chi connectivity index (χ4v) is 2.09. The van der Waals surface area contributed by atoms with Gasteiger partial charge in [0.1, 0.15) is 5.82 Å². The van der Waals surface area contributed by atoms with Gasteiger partial charge in [-0.3, -0.25) is 4.79 Å². The van der Waals surface area contributed by atoms with Crippen LogP contribution in [0, 0.1) is 12.7 Å². The molecule has 0 radical (unpaired) electrons. The van der Waals surface area contributed by atoms with Crippen molar-refractivity contribution in [1.82, 2.24) is 0 Å². The highest BCUT2D eigenvalue weighted by Gasteiger charge is 2.17. The van der Waals surface area contributed by atoms with Crippen LogP contribution in [0.1, 0.15) is 15.9 Å². The van der Waals surface area contributed by atoms with Gasteiger partial charge in [-0.05, 0) is 37.3 Å². The molecule has 0 saturated carbocycles. The molecule has 0 aliphatic heterocycles. The number of aryl methyl sites for hydroxylation is 1. The van der Waals surface area contributed by atoms with Crippen molar-refractivity contribution in [1.29, 1.82) is 0 Å². The third-order valence-electron chi connectivity index (χ3n) is 2.88. The van der Waals surface area contributed by atoms with Crippen LogP contribution in [-0.4, -0.2) is 13.0 Å². The zero-order valence-electron chi connectivity index (χ0n) is 10.7. The summed E-state index contributed by atoms with van der Waals surface area (Å²) in [6.07, 6.45) is 0. The van der Waals surface area contributed by atoms with Gasteiger partial charge in [-0.25, -0.2) is 4.39 Å². The molecule has 0 saturated heterocycles. The molecule has 0 fully saturated rings. The van der Waals surface area contributed by atoms with Crippen molar-refractivity contribution in [3.63, 3.8) is 0 Å². The van der Waals surface area contributed by atoms with Crippen LogP contribution in [0.2, 0.25) is 0 Å². The number of halogens is 2. The SMILES string of the molecule is Cc1ccc(N(C)C(=O)c2cc(Br)ccc2F)cc1. The lowest BCUT2D eigenvalue weighted by molar-refractivity contribution is 0.0989. The highest BCUT2D eigenvalue weighted by atomic mass is 79.9. The van der Waals surface area contributed by atoms with Gasteiger partial charge in [0.2, 0.25) is 0 Å². The van der Waals surface area contributed by atoms with Crippen molar-refractivity contribution >= 4 is 27.5 Å². The number of carbonyl (C=O) groups excluding carboxylic acids is 1. The molecule has 0 atom stereocenters. The third kappa shape index (κ3) is 3.01. The second kappa shape index (κ2) is 5.53. The van der Waals surface area contributed by atoms with E-state index < -0.39 is 5.82 Å². The second-order valence-electron chi connectivity index (χ2n) is 4.32. The Kier molecular flexibility index (Phi) is 4.00. The van der Waals surface area contributed by atoms with E-state index in [0.717, 1.165) is 11.3 Å². The summed E-state index contributed by atoms with van der Waals surface area (Å²) in [7, 11) is 1.63. The van der Waals surface area contributed by atoms with Gasteiger partial charge < -0.3 is 4.90 Å². The number of nitrogens with zero attached hydrogens (tertiary/aromatic N) is 1. The molecule has 0 aliphatic rings. The predicted octanol–water partition coefficient (Wildman–Crippen LogP) is 4.17. The van der Waals surface area contributed by atoms with Crippen LogP contribution in [0.3, 0.4) is 0 Å². The summed E-state index contributed by atoms with van der Waals surface area (Å²) in [5.41, 5.74) is 1.89. The molecule has 19 heavy (non-hydrogen) atoms. The van der Waals surface area contributed by atoms with Gasteiger partial charge in [0.15, 0.2) is 0 Å². The number of anilines is 1. The minimum Gasteiger partial charge on any atom is -0.311 e. The molecule has 2 aromatic carbocycles. The normalized spacial score (nSPS) is 10.3. The first-order chi connectivity index (χ1) is 8.99. The van der Waals surface area contributed by atoms with Gasteiger partial charge in [-0.15, -0.1) is 0 Å². The Balaban J connectivity index is 2.33. The van der Waals surface area contributed by atoms with E-state index in [1.807, 2.05) is 31.2 Å². The third-order valence-corrected chi connectivity index (χ3v) is 3.38. The van der Waals surface area contributed by atoms with Crippen LogP contribution in [0.15, 0.2) is 46.9 Å². The van der Waals surface area contributed by atoms with Crippen molar-refractivity contribution in [2.24, 2.45) is 0 Å². The largest absolute Gasteiger partial charge is 0.311 e. The van der Waals surface area contributed by atoms with Crippen LogP contribution in [-0.2, 0) is 0 Å². The van der Waals surface area contributed by atoms with Crippen LogP contribution in [0.25, 0.3) is 0 Å². The quantitative estimate of drug-likeness (QED) is 0.812. The average Bonchev–Trinajstić information content (AvgIpc) is 2.41. The fraction of sp³-hybridized carbons (Fsp3) is 0.133. The zero-order chi connectivity index (χ0) is 14.0. The van der Waals surface area contributed by atoms with E-state index in [1.54, 1.807) is 13.1 Å². The molecule has 0 bridgehead atoms. The van der Waals surface area contributed by atoms with E-state index in [0.29, 0.717) is 4.47 Å². The molecule has 0 N–H and O–H groups in total. The summed E-state index contributed by atoms with van der Waals surface area (Å²) < 4.78 is 14.4. The van der Waals surface area contributed by atoms with Gasteiger partial charge in [0.25, 0.3) is 5.91 Å². The Labute approximate surface area is 120 Å². The van der Waals surface area contributed by atoms with Gasteiger partial charge in [0.05, 0.1) is 5.56 Å². The van der Waals surface area contributed by atoms with Gasteiger partial charge >= 0.3 is 0 Å². The van der Waals surface area contributed by atoms with E-state index in [1.165, 1.54) is 17.0 Å². The summed E-state index contributed by atoms with van der Waals surface area (Å²) >= 11 is 3.24. The summed E-state index contributed by atoms with van der Waals surface area (Å²) in [5.74, 6) is -0.894. The Morgan fingerprint density at radius 2 is 1.79 bits per heavy atom. The molecule has 0 unspecified atom stereocenters. The Bertz CT molecular complexity index is 610. The Hall–Kier alpha value is -1.68. The first-order valence-corrected chi connectivity index (χ1v) is 6.58. The number of hydrogen-bond acceptors (Lipinski definition) is 1. The van der Waals surface area contributed by atoms with Crippen molar-refractivity contribution in [3.8, 4) is 0 Å². The topological polar surface area (TPSA) is 20.3 Å². The molecular weight excluding hydrogens is 309 g/mol. The Morgan fingerprint density at radius 1 is 1.16 bits per heavy atom. The maximum Gasteiger partial charge on any atom is 0.261 e. The summed E-state index contributed by atoms with van der Waals surface area (Å²) in [5, 5.41) is 0. The number of benzene rings is 2. The van der Waals surface area contributed by atoms with Crippen molar-refractivity contribution in [2.45, 2.75) is 6.92 Å². The maximum absolute atomic E-state index is 13.7. The highest BCUT2D eigenvalue weighted by Crippen LogP contribution is 2.20. The molecule has 1 amide bonds.